The van der Waals surface area contributed by atoms with Gasteiger partial charge in [-0.15, -0.1) is 0 Å². The van der Waals surface area contributed by atoms with Gasteiger partial charge < -0.3 is 15.0 Å². The zero-order valence-corrected chi connectivity index (χ0v) is 17.1. The van der Waals surface area contributed by atoms with E-state index in [9.17, 15) is 4.79 Å². The van der Waals surface area contributed by atoms with Crippen LogP contribution >= 0.6 is 0 Å². The summed E-state index contributed by atoms with van der Waals surface area (Å²) in [7, 11) is 0. The number of aromatic amines is 1. The standard InChI is InChI=1S/C24H26N4O2/c29-22(17-27-12-14-30-15-13-27)26-23-19-8-4-5-9-21(19)25-24-20(23)10-11-28(24)16-18-6-2-1-3-7-18/h1-9H,10-17H2,(H,25,26,29)/p+2. The van der Waals surface area contributed by atoms with E-state index in [1.165, 1.54) is 16.0 Å². The first-order valence-electron chi connectivity index (χ1n) is 10.7. The summed E-state index contributed by atoms with van der Waals surface area (Å²) in [4.78, 5) is 20.2. The van der Waals surface area contributed by atoms with Crippen molar-refractivity contribution in [2.45, 2.75) is 13.0 Å². The van der Waals surface area contributed by atoms with Gasteiger partial charge in [0, 0.05) is 11.8 Å². The Balaban J connectivity index is 1.45. The molecule has 1 saturated heterocycles. The second-order valence-electron chi connectivity index (χ2n) is 8.12. The molecule has 154 valence electrons. The maximum absolute atomic E-state index is 12.9. The molecule has 1 amide bonds. The molecule has 6 heteroatoms. The second-order valence-corrected chi connectivity index (χ2v) is 8.12. The zero-order chi connectivity index (χ0) is 20.3. The Morgan fingerprint density at radius 2 is 1.83 bits per heavy atom. The van der Waals surface area contributed by atoms with E-state index in [4.69, 9.17) is 4.74 Å². The highest BCUT2D eigenvalue weighted by atomic mass is 16.5. The molecule has 3 N–H and O–H groups in total. The Kier molecular flexibility index (Phi) is 5.34. The van der Waals surface area contributed by atoms with Gasteiger partial charge in [0.15, 0.2) is 6.54 Å². The molecule has 5 rings (SSSR count). The lowest BCUT2D eigenvalue weighted by Gasteiger charge is -2.23. The van der Waals surface area contributed by atoms with Gasteiger partial charge in [-0.05, 0) is 17.7 Å². The van der Waals surface area contributed by atoms with Gasteiger partial charge in [-0.25, -0.2) is 4.98 Å². The number of aromatic nitrogens is 1. The summed E-state index contributed by atoms with van der Waals surface area (Å²) in [5.74, 6) is 1.19. The molecule has 0 radical (unpaired) electrons. The number of fused-ring (bicyclic) bond motifs is 2. The maximum atomic E-state index is 12.9. The molecule has 2 aliphatic rings. The van der Waals surface area contributed by atoms with E-state index >= 15 is 0 Å². The van der Waals surface area contributed by atoms with Gasteiger partial charge in [-0.2, -0.15) is 0 Å². The Bertz CT molecular complexity index is 1050. The third-order valence-corrected chi connectivity index (χ3v) is 6.08. The first-order valence-corrected chi connectivity index (χ1v) is 10.7. The average molecular weight is 405 g/mol. The predicted octanol–water partition coefficient (Wildman–Crippen LogP) is 1.07. The van der Waals surface area contributed by atoms with Crippen LogP contribution in [0, 0.1) is 0 Å². The van der Waals surface area contributed by atoms with E-state index in [2.05, 4.69) is 51.6 Å². The number of ether oxygens (including phenoxy) is 1. The smallest absolute Gasteiger partial charge is 0.280 e. The number of morpholine rings is 1. The number of benzene rings is 2. The number of hydrogen-bond acceptors (Lipinski definition) is 3. The van der Waals surface area contributed by atoms with Crippen molar-refractivity contribution in [2.75, 3.05) is 49.6 Å². The van der Waals surface area contributed by atoms with Crippen LogP contribution in [0.15, 0.2) is 54.6 Å². The number of hydrogen-bond donors (Lipinski definition) is 2. The molecule has 2 aliphatic heterocycles. The number of pyridine rings is 1. The molecular formula is C24H28N4O2+2. The van der Waals surface area contributed by atoms with Gasteiger partial charge in [0.1, 0.15) is 25.2 Å². The molecular weight excluding hydrogens is 376 g/mol. The molecule has 1 fully saturated rings. The summed E-state index contributed by atoms with van der Waals surface area (Å²) in [5, 5.41) is 4.34. The molecule has 1 aromatic heterocycles. The van der Waals surface area contributed by atoms with Gasteiger partial charge in [0.2, 0.25) is 0 Å². The van der Waals surface area contributed by atoms with E-state index in [1.54, 1.807) is 0 Å². The minimum Gasteiger partial charge on any atom is -0.370 e. The lowest BCUT2D eigenvalue weighted by Crippen LogP contribution is -3.15. The number of nitrogens with one attached hydrogen (secondary N) is 3. The summed E-state index contributed by atoms with van der Waals surface area (Å²) in [5.41, 5.74) is 4.50. The van der Waals surface area contributed by atoms with Crippen molar-refractivity contribution < 1.29 is 19.4 Å². The van der Waals surface area contributed by atoms with Crippen LogP contribution in [0.5, 0.6) is 0 Å². The normalized spacial score (nSPS) is 16.6. The number of para-hydroxylation sites is 1. The van der Waals surface area contributed by atoms with Crippen LogP contribution in [0.25, 0.3) is 10.9 Å². The Hall–Kier alpha value is -2.96. The molecule has 2 aromatic carbocycles. The lowest BCUT2D eigenvalue weighted by molar-refractivity contribution is -0.899. The lowest BCUT2D eigenvalue weighted by atomic mass is 10.1. The van der Waals surface area contributed by atoms with Crippen molar-refractivity contribution in [3.05, 3.63) is 65.7 Å². The topological polar surface area (TPSA) is 60.2 Å². The van der Waals surface area contributed by atoms with Crippen LogP contribution in [-0.2, 0) is 22.5 Å². The van der Waals surface area contributed by atoms with Crippen LogP contribution in [-0.4, -0.2) is 45.3 Å². The van der Waals surface area contributed by atoms with Gasteiger partial charge in [-0.1, -0.05) is 42.5 Å². The number of rotatable bonds is 5. The number of carbonyl (C=O) groups excluding carboxylic acids is 1. The van der Waals surface area contributed by atoms with Crippen molar-refractivity contribution in [1.29, 1.82) is 0 Å². The van der Waals surface area contributed by atoms with Crippen molar-refractivity contribution in [2.24, 2.45) is 0 Å². The first kappa shape index (κ1) is 19.0. The van der Waals surface area contributed by atoms with Crippen LogP contribution in [0.1, 0.15) is 11.1 Å². The Morgan fingerprint density at radius 3 is 2.67 bits per heavy atom. The highest BCUT2D eigenvalue weighted by Crippen LogP contribution is 2.35. The number of quaternary nitrogens is 1. The summed E-state index contributed by atoms with van der Waals surface area (Å²) < 4.78 is 5.42. The van der Waals surface area contributed by atoms with Crippen LogP contribution in [0.3, 0.4) is 0 Å². The van der Waals surface area contributed by atoms with Crippen LogP contribution in [0.2, 0.25) is 0 Å². The van der Waals surface area contributed by atoms with Crippen molar-refractivity contribution >= 4 is 28.3 Å². The summed E-state index contributed by atoms with van der Waals surface area (Å²) in [6.07, 6.45) is 0.920. The predicted molar refractivity (Wildman–Crippen MR) is 117 cm³/mol. The number of H-pyrrole nitrogens is 1. The van der Waals surface area contributed by atoms with E-state index < -0.39 is 0 Å². The third kappa shape index (κ3) is 3.88. The number of anilines is 2. The second kappa shape index (κ2) is 8.42. The number of nitrogens with zero attached hydrogens (tertiary/aromatic N) is 1. The van der Waals surface area contributed by atoms with Gasteiger partial charge in [-0.3, -0.25) is 9.69 Å². The van der Waals surface area contributed by atoms with Gasteiger partial charge in [0.05, 0.1) is 31.0 Å². The number of carbonyl (C=O) groups is 1. The van der Waals surface area contributed by atoms with Crippen LogP contribution < -0.4 is 20.1 Å². The van der Waals surface area contributed by atoms with Crippen molar-refractivity contribution in [3.63, 3.8) is 0 Å². The summed E-state index contributed by atoms with van der Waals surface area (Å²) in [6, 6.07) is 18.8. The fourth-order valence-corrected chi connectivity index (χ4v) is 4.52. The first-order chi connectivity index (χ1) is 14.8. The highest BCUT2D eigenvalue weighted by molar-refractivity contribution is 6.03. The number of amides is 1. The molecule has 0 spiro atoms. The van der Waals surface area contributed by atoms with E-state index in [0.29, 0.717) is 6.54 Å². The van der Waals surface area contributed by atoms with E-state index in [-0.39, 0.29) is 5.91 Å². The monoisotopic (exact) mass is 404 g/mol. The molecule has 0 bridgehead atoms. The molecule has 0 atom stereocenters. The minimum absolute atomic E-state index is 0.0759. The van der Waals surface area contributed by atoms with Crippen molar-refractivity contribution in [1.82, 2.24) is 0 Å². The zero-order valence-electron chi connectivity index (χ0n) is 17.1. The molecule has 3 aromatic rings. The minimum atomic E-state index is 0.0759. The fraction of sp³-hybridized carbons (Fsp3) is 0.333. The van der Waals surface area contributed by atoms with Gasteiger partial charge in [0.25, 0.3) is 11.7 Å². The summed E-state index contributed by atoms with van der Waals surface area (Å²) in [6.45, 7) is 5.52. The molecule has 0 aliphatic carbocycles. The van der Waals surface area contributed by atoms with E-state index in [0.717, 1.165) is 68.2 Å². The quantitative estimate of drug-likeness (QED) is 0.669. The van der Waals surface area contributed by atoms with Gasteiger partial charge >= 0.3 is 0 Å². The Morgan fingerprint density at radius 1 is 1.07 bits per heavy atom. The molecule has 30 heavy (non-hydrogen) atoms. The van der Waals surface area contributed by atoms with Crippen molar-refractivity contribution in [3.8, 4) is 0 Å². The third-order valence-electron chi connectivity index (χ3n) is 6.08. The maximum Gasteiger partial charge on any atom is 0.280 e. The molecule has 0 unspecified atom stereocenters. The SMILES string of the molecule is O=C(C[NH+]1CCOCC1)Nc1c2c([nH+]c3ccccc13)N(Cc1ccccc1)CC2. The largest absolute Gasteiger partial charge is 0.370 e. The van der Waals surface area contributed by atoms with E-state index in [1.807, 2.05) is 18.2 Å². The van der Waals surface area contributed by atoms with Crippen LogP contribution in [0.4, 0.5) is 11.5 Å². The highest BCUT2D eigenvalue weighted by Gasteiger charge is 2.32. The molecule has 3 heterocycles. The molecule has 0 saturated carbocycles. The fourth-order valence-electron chi connectivity index (χ4n) is 4.52. The molecule has 6 nitrogen and oxygen atoms in total. The Labute approximate surface area is 176 Å². The summed E-state index contributed by atoms with van der Waals surface area (Å²) >= 11 is 0. The average Bonchev–Trinajstić information content (AvgIpc) is 3.17.